The number of carbonyl (C=O) groups excluding carboxylic acids is 2. The van der Waals surface area contributed by atoms with Gasteiger partial charge in [0.15, 0.2) is 0 Å². The minimum atomic E-state index is -0.169. The van der Waals surface area contributed by atoms with Gasteiger partial charge in [0.2, 0.25) is 5.91 Å². The van der Waals surface area contributed by atoms with Gasteiger partial charge in [-0.25, -0.2) is 0 Å². The average molecular weight is 234 g/mol. The minimum absolute atomic E-state index is 0.108. The Morgan fingerprint density at radius 2 is 2.18 bits per heavy atom. The van der Waals surface area contributed by atoms with Crippen molar-refractivity contribution < 1.29 is 14.3 Å². The molecule has 90 valence electrons. The highest BCUT2D eigenvalue weighted by Crippen LogP contribution is 2.19. The summed E-state index contributed by atoms with van der Waals surface area (Å²) in [4.78, 5) is 24.9. The molecule has 0 bridgehead atoms. The summed E-state index contributed by atoms with van der Waals surface area (Å²) in [7, 11) is 1.52. The Kier molecular flexibility index (Phi) is 3.27. The highest BCUT2D eigenvalue weighted by atomic mass is 16.5. The summed E-state index contributed by atoms with van der Waals surface area (Å²) in [6.45, 7) is 1.14. The number of nitrogens with one attached hydrogen (secondary N) is 1. The van der Waals surface area contributed by atoms with Crippen LogP contribution >= 0.6 is 0 Å². The molecular formula is C12H14N2O3. The van der Waals surface area contributed by atoms with Crippen LogP contribution in [0.25, 0.3) is 0 Å². The molecule has 1 aromatic rings. The van der Waals surface area contributed by atoms with Crippen LogP contribution in [0.5, 0.6) is 5.75 Å². The second-order valence-electron chi connectivity index (χ2n) is 3.78. The number of hydrogen-bond donors (Lipinski definition) is 1. The number of methoxy groups -OCH3 is 1. The number of carbonyl (C=O) groups is 2. The van der Waals surface area contributed by atoms with E-state index in [1.807, 2.05) is 0 Å². The molecule has 2 amide bonds. The number of rotatable bonds is 2. The van der Waals surface area contributed by atoms with E-state index in [-0.39, 0.29) is 18.4 Å². The highest BCUT2D eigenvalue weighted by Gasteiger charge is 2.24. The number of nitrogens with zero attached hydrogens (tertiary/aromatic N) is 1. The largest absolute Gasteiger partial charge is 0.496 e. The van der Waals surface area contributed by atoms with Crippen LogP contribution in [0.2, 0.25) is 0 Å². The third kappa shape index (κ3) is 2.38. The molecule has 5 nitrogen and oxygen atoms in total. The van der Waals surface area contributed by atoms with Crippen molar-refractivity contribution in [3.8, 4) is 5.75 Å². The standard InChI is InChI=1S/C12H14N2O3/c1-17-10-5-3-2-4-9(10)12(16)14-7-6-13-11(15)8-14/h2-5H,6-8H2,1H3,(H,13,15). The van der Waals surface area contributed by atoms with Crippen molar-refractivity contribution in [1.29, 1.82) is 0 Å². The van der Waals surface area contributed by atoms with Gasteiger partial charge in [0.25, 0.3) is 5.91 Å². The van der Waals surface area contributed by atoms with Crippen molar-refractivity contribution in [3.63, 3.8) is 0 Å². The molecule has 1 aromatic carbocycles. The maximum Gasteiger partial charge on any atom is 0.258 e. The van der Waals surface area contributed by atoms with Crippen LogP contribution in [0.15, 0.2) is 24.3 Å². The molecule has 1 heterocycles. The van der Waals surface area contributed by atoms with Gasteiger partial charge in [-0.2, -0.15) is 0 Å². The Morgan fingerprint density at radius 3 is 2.88 bits per heavy atom. The number of ether oxygens (including phenoxy) is 1. The van der Waals surface area contributed by atoms with E-state index in [1.54, 1.807) is 24.3 Å². The van der Waals surface area contributed by atoms with Gasteiger partial charge >= 0.3 is 0 Å². The summed E-state index contributed by atoms with van der Waals surface area (Å²) in [5.74, 6) is 0.236. The molecule has 0 radical (unpaired) electrons. The summed E-state index contributed by atoms with van der Waals surface area (Å²) in [6.07, 6.45) is 0. The molecule has 0 atom stereocenters. The van der Waals surface area contributed by atoms with Crippen LogP contribution in [-0.4, -0.2) is 43.5 Å². The predicted molar refractivity (Wildman–Crippen MR) is 61.9 cm³/mol. The van der Waals surface area contributed by atoms with Crippen LogP contribution in [-0.2, 0) is 4.79 Å². The van der Waals surface area contributed by atoms with Gasteiger partial charge in [0.1, 0.15) is 5.75 Å². The van der Waals surface area contributed by atoms with Gasteiger partial charge in [0, 0.05) is 13.1 Å². The fourth-order valence-corrected chi connectivity index (χ4v) is 1.80. The number of para-hydroxylation sites is 1. The quantitative estimate of drug-likeness (QED) is 0.799. The van der Waals surface area contributed by atoms with Gasteiger partial charge in [-0.05, 0) is 12.1 Å². The van der Waals surface area contributed by atoms with Crippen molar-refractivity contribution >= 4 is 11.8 Å². The molecule has 1 aliphatic rings. The maximum atomic E-state index is 12.2. The third-order valence-corrected chi connectivity index (χ3v) is 2.66. The first-order valence-electron chi connectivity index (χ1n) is 5.41. The molecule has 0 aromatic heterocycles. The number of amides is 2. The molecule has 0 saturated carbocycles. The van der Waals surface area contributed by atoms with Gasteiger partial charge in [-0.1, -0.05) is 12.1 Å². The Morgan fingerprint density at radius 1 is 1.41 bits per heavy atom. The maximum absolute atomic E-state index is 12.2. The van der Waals surface area contributed by atoms with Crippen molar-refractivity contribution in [1.82, 2.24) is 10.2 Å². The highest BCUT2D eigenvalue weighted by molar-refractivity contribution is 5.99. The SMILES string of the molecule is COc1ccccc1C(=O)N1CCNC(=O)C1. The van der Waals surface area contributed by atoms with Gasteiger partial charge in [-0.15, -0.1) is 0 Å². The van der Waals surface area contributed by atoms with E-state index >= 15 is 0 Å². The fourth-order valence-electron chi connectivity index (χ4n) is 1.80. The van der Waals surface area contributed by atoms with Crippen LogP contribution in [0, 0.1) is 0 Å². The smallest absolute Gasteiger partial charge is 0.258 e. The van der Waals surface area contributed by atoms with Crippen molar-refractivity contribution in [2.24, 2.45) is 0 Å². The first-order chi connectivity index (χ1) is 8.22. The number of hydrogen-bond acceptors (Lipinski definition) is 3. The van der Waals surface area contributed by atoms with Crippen LogP contribution < -0.4 is 10.1 Å². The van der Waals surface area contributed by atoms with Crippen LogP contribution in [0.4, 0.5) is 0 Å². The molecular weight excluding hydrogens is 220 g/mol. The van der Waals surface area contributed by atoms with Crippen molar-refractivity contribution in [2.75, 3.05) is 26.7 Å². The monoisotopic (exact) mass is 234 g/mol. The van der Waals surface area contributed by atoms with Crippen molar-refractivity contribution in [2.45, 2.75) is 0 Å². The summed E-state index contributed by atoms with van der Waals surface area (Å²) in [6, 6.07) is 7.02. The summed E-state index contributed by atoms with van der Waals surface area (Å²) >= 11 is 0. The molecule has 1 aliphatic heterocycles. The normalized spacial score (nSPS) is 15.4. The van der Waals surface area contributed by atoms with E-state index in [2.05, 4.69) is 5.32 Å². The Hall–Kier alpha value is -2.04. The van der Waals surface area contributed by atoms with Gasteiger partial charge < -0.3 is 15.0 Å². The lowest BCUT2D eigenvalue weighted by Crippen LogP contribution is -2.50. The Balaban J connectivity index is 2.21. The van der Waals surface area contributed by atoms with E-state index in [0.717, 1.165) is 0 Å². The predicted octanol–water partition coefficient (Wildman–Crippen LogP) is 0.267. The molecule has 5 heteroatoms. The molecule has 17 heavy (non-hydrogen) atoms. The molecule has 1 N–H and O–H groups in total. The Labute approximate surface area is 99.4 Å². The minimum Gasteiger partial charge on any atom is -0.496 e. The zero-order chi connectivity index (χ0) is 12.3. The van der Waals surface area contributed by atoms with E-state index < -0.39 is 0 Å². The first kappa shape index (κ1) is 11.4. The second-order valence-corrected chi connectivity index (χ2v) is 3.78. The lowest BCUT2D eigenvalue weighted by molar-refractivity contribution is -0.123. The first-order valence-corrected chi connectivity index (χ1v) is 5.41. The lowest BCUT2D eigenvalue weighted by Gasteiger charge is -2.27. The van der Waals surface area contributed by atoms with Gasteiger partial charge in [0.05, 0.1) is 19.2 Å². The van der Waals surface area contributed by atoms with E-state index in [1.165, 1.54) is 12.0 Å². The van der Waals surface area contributed by atoms with Crippen molar-refractivity contribution in [3.05, 3.63) is 29.8 Å². The third-order valence-electron chi connectivity index (χ3n) is 2.66. The van der Waals surface area contributed by atoms with E-state index in [4.69, 9.17) is 4.74 Å². The van der Waals surface area contributed by atoms with E-state index in [9.17, 15) is 9.59 Å². The number of piperazine rings is 1. The average Bonchev–Trinajstić information content (AvgIpc) is 2.38. The fraction of sp³-hybridized carbons (Fsp3) is 0.333. The summed E-state index contributed by atoms with van der Waals surface area (Å²) < 4.78 is 5.14. The van der Waals surface area contributed by atoms with Crippen LogP contribution in [0.1, 0.15) is 10.4 Å². The molecule has 2 rings (SSSR count). The molecule has 0 aliphatic carbocycles. The summed E-state index contributed by atoms with van der Waals surface area (Å²) in [5.41, 5.74) is 0.490. The summed E-state index contributed by atoms with van der Waals surface area (Å²) in [5, 5.41) is 2.68. The van der Waals surface area contributed by atoms with E-state index in [0.29, 0.717) is 24.4 Å². The van der Waals surface area contributed by atoms with Crippen LogP contribution in [0.3, 0.4) is 0 Å². The molecule has 0 unspecified atom stereocenters. The molecule has 1 fully saturated rings. The molecule has 0 spiro atoms. The zero-order valence-corrected chi connectivity index (χ0v) is 9.60. The lowest BCUT2D eigenvalue weighted by atomic mass is 10.1. The second kappa shape index (κ2) is 4.86. The Bertz CT molecular complexity index is 445. The zero-order valence-electron chi connectivity index (χ0n) is 9.60. The molecule has 1 saturated heterocycles. The van der Waals surface area contributed by atoms with Gasteiger partial charge in [-0.3, -0.25) is 9.59 Å². The topological polar surface area (TPSA) is 58.6 Å². The number of benzene rings is 1.